The number of nitro groups is 1. The fourth-order valence-corrected chi connectivity index (χ4v) is 1.58. The van der Waals surface area contributed by atoms with Crippen LogP contribution in [-0.4, -0.2) is 50.1 Å². The first-order chi connectivity index (χ1) is 9.01. The molecule has 1 rings (SSSR count). The second kappa shape index (κ2) is 6.69. The number of carbonyl (C=O) groups is 1. The molecule has 1 aromatic carbocycles. The van der Waals surface area contributed by atoms with Gasteiger partial charge in [-0.2, -0.15) is 0 Å². The molecule has 0 aliphatic rings. The van der Waals surface area contributed by atoms with E-state index in [0.717, 1.165) is 0 Å². The number of nitrogens with one attached hydrogen (secondary N) is 1. The topological polar surface area (TPSA) is 84.7 Å². The third-order valence-electron chi connectivity index (χ3n) is 2.69. The second-order valence-electron chi connectivity index (χ2n) is 3.96. The molecule has 0 radical (unpaired) electrons. The number of methoxy groups -OCH3 is 1. The van der Waals surface area contributed by atoms with Crippen molar-refractivity contribution in [3.8, 4) is 0 Å². The largest absolute Gasteiger partial charge is 0.383 e. The van der Waals surface area contributed by atoms with Gasteiger partial charge in [-0.3, -0.25) is 14.9 Å². The van der Waals surface area contributed by atoms with Crippen molar-refractivity contribution in [1.29, 1.82) is 0 Å². The van der Waals surface area contributed by atoms with E-state index in [4.69, 9.17) is 4.74 Å². The molecule has 0 heterocycles. The number of benzene rings is 1. The fourth-order valence-electron chi connectivity index (χ4n) is 1.58. The van der Waals surface area contributed by atoms with E-state index in [1.54, 1.807) is 21.2 Å². The monoisotopic (exact) mass is 267 g/mol. The number of anilines is 1. The van der Waals surface area contributed by atoms with Crippen LogP contribution in [0.5, 0.6) is 0 Å². The molecule has 7 nitrogen and oxygen atoms in total. The number of hydrogen-bond acceptors (Lipinski definition) is 5. The number of nitro benzene ring substituents is 1. The number of amides is 1. The molecule has 7 heteroatoms. The average molecular weight is 267 g/mol. The Morgan fingerprint density at radius 1 is 1.53 bits per heavy atom. The number of hydrogen-bond donors (Lipinski definition) is 1. The number of ether oxygens (including phenoxy) is 1. The van der Waals surface area contributed by atoms with Crippen LogP contribution in [0.2, 0.25) is 0 Å². The van der Waals surface area contributed by atoms with Gasteiger partial charge >= 0.3 is 0 Å². The Kier molecular flexibility index (Phi) is 5.25. The van der Waals surface area contributed by atoms with Crippen LogP contribution in [0, 0.1) is 10.1 Å². The van der Waals surface area contributed by atoms with E-state index in [1.165, 1.54) is 23.1 Å². The van der Waals surface area contributed by atoms with E-state index >= 15 is 0 Å². The molecule has 0 aliphatic carbocycles. The van der Waals surface area contributed by atoms with Crippen molar-refractivity contribution >= 4 is 17.3 Å². The summed E-state index contributed by atoms with van der Waals surface area (Å²) in [6, 6.07) is 4.25. The van der Waals surface area contributed by atoms with E-state index in [9.17, 15) is 14.9 Å². The van der Waals surface area contributed by atoms with Crippen LogP contribution in [0.25, 0.3) is 0 Å². The van der Waals surface area contributed by atoms with Crippen molar-refractivity contribution < 1.29 is 14.5 Å². The maximum Gasteiger partial charge on any atom is 0.292 e. The maximum atomic E-state index is 12.1. The molecule has 0 aromatic heterocycles. The standard InChI is InChI=1S/C12H17N3O4/c1-13-10-8-9(4-5-11(10)15(17)18)12(16)14(2)6-7-19-3/h4-5,8,13H,6-7H2,1-3H3. The maximum absolute atomic E-state index is 12.1. The third-order valence-corrected chi connectivity index (χ3v) is 2.69. The summed E-state index contributed by atoms with van der Waals surface area (Å²) in [5.74, 6) is -0.205. The molecular weight excluding hydrogens is 250 g/mol. The van der Waals surface area contributed by atoms with E-state index in [-0.39, 0.29) is 11.6 Å². The molecule has 1 aromatic rings. The van der Waals surface area contributed by atoms with Gasteiger partial charge in [0.05, 0.1) is 11.5 Å². The van der Waals surface area contributed by atoms with Gasteiger partial charge in [0.25, 0.3) is 11.6 Å². The first-order valence-corrected chi connectivity index (χ1v) is 5.71. The summed E-state index contributed by atoms with van der Waals surface area (Å²) in [6.07, 6.45) is 0. The first kappa shape index (κ1) is 14.9. The Labute approximate surface area is 111 Å². The molecule has 0 bridgehead atoms. The quantitative estimate of drug-likeness (QED) is 0.621. The summed E-state index contributed by atoms with van der Waals surface area (Å²) in [5, 5.41) is 13.5. The Balaban J connectivity index is 2.95. The number of carbonyl (C=O) groups excluding carboxylic acids is 1. The molecule has 19 heavy (non-hydrogen) atoms. The van der Waals surface area contributed by atoms with Crippen molar-refractivity contribution in [2.75, 3.05) is 39.7 Å². The van der Waals surface area contributed by atoms with Gasteiger partial charge in [-0.1, -0.05) is 0 Å². The van der Waals surface area contributed by atoms with Crippen molar-refractivity contribution in [3.63, 3.8) is 0 Å². The first-order valence-electron chi connectivity index (χ1n) is 5.71. The van der Waals surface area contributed by atoms with Crippen LogP contribution in [-0.2, 0) is 4.74 Å². The van der Waals surface area contributed by atoms with Gasteiger partial charge in [-0.05, 0) is 12.1 Å². The Morgan fingerprint density at radius 3 is 2.74 bits per heavy atom. The highest BCUT2D eigenvalue weighted by Gasteiger charge is 2.17. The van der Waals surface area contributed by atoms with Crippen LogP contribution in [0.4, 0.5) is 11.4 Å². The SMILES string of the molecule is CNc1cc(C(=O)N(C)CCOC)ccc1[N+](=O)[O-]. The molecule has 0 saturated carbocycles. The highest BCUT2D eigenvalue weighted by Crippen LogP contribution is 2.25. The zero-order valence-corrected chi connectivity index (χ0v) is 11.2. The lowest BCUT2D eigenvalue weighted by Gasteiger charge is -2.17. The van der Waals surface area contributed by atoms with Gasteiger partial charge in [-0.15, -0.1) is 0 Å². The van der Waals surface area contributed by atoms with Gasteiger partial charge in [0.15, 0.2) is 0 Å². The second-order valence-corrected chi connectivity index (χ2v) is 3.96. The molecule has 104 valence electrons. The zero-order chi connectivity index (χ0) is 14.4. The lowest BCUT2D eigenvalue weighted by molar-refractivity contribution is -0.383. The molecule has 1 amide bonds. The predicted molar refractivity (Wildman–Crippen MR) is 71.5 cm³/mol. The molecule has 0 aliphatic heterocycles. The number of likely N-dealkylation sites (N-methyl/N-ethyl adjacent to an activating group) is 1. The summed E-state index contributed by atoms with van der Waals surface area (Å²) in [4.78, 5) is 23.9. The molecule has 0 atom stereocenters. The van der Waals surface area contributed by atoms with Crippen molar-refractivity contribution in [2.45, 2.75) is 0 Å². The Hall–Kier alpha value is -2.15. The van der Waals surface area contributed by atoms with Crippen LogP contribution in [0.15, 0.2) is 18.2 Å². The van der Waals surface area contributed by atoms with Crippen molar-refractivity contribution in [3.05, 3.63) is 33.9 Å². The molecule has 0 saturated heterocycles. The van der Waals surface area contributed by atoms with Crippen molar-refractivity contribution in [1.82, 2.24) is 4.90 Å². The van der Waals surface area contributed by atoms with Crippen LogP contribution in [0.1, 0.15) is 10.4 Å². The lowest BCUT2D eigenvalue weighted by atomic mass is 10.1. The highest BCUT2D eigenvalue weighted by atomic mass is 16.6. The van der Waals surface area contributed by atoms with E-state index in [1.807, 2.05) is 0 Å². The van der Waals surface area contributed by atoms with Crippen LogP contribution in [0.3, 0.4) is 0 Å². The van der Waals surface area contributed by atoms with Crippen LogP contribution < -0.4 is 5.32 Å². The molecule has 0 spiro atoms. The molecule has 1 N–H and O–H groups in total. The van der Waals surface area contributed by atoms with Crippen LogP contribution >= 0.6 is 0 Å². The Bertz CT molecular complexity index is 476. The minimum absolute atomic E-state index is 0.0569. The van der Waals surface area contributed by atoms with Gasteiger partial charge in [0.1, 0.15) is 5.69 Å². The summed E-state index contributed by atoms with van der Waals surface area (Å²) in [6.45, 7) is 0.898. The van der Waals surface area contributed by atoms with Gasteiger partial charge in [0, 0.05) is 39.4 Å². The van der Waals surface area contributed by atoms with Crippen molar-refractivity contribution in [2.24, 2.45) is 0 Å². The number of rotatable bonds is 6. The van der Waals surface area contributed by atoms with Gasteiger partial charge < -0.3 is 15.0 Å². The van der Waals surface area contributed by atoms with E-state index < -0.39 is 4.92 Å². The summed E-state index contributed by atoms with van der Waals surface area (Å²) in [5.41, 5.74) is 0.656. The Morgan fingerprint density at radius 2 is 2.21 bits per heavy atom. The van der Waals surface area contributed by atoms with E-state index in [0.29, 0.717) is 24.4 Å². The molecular formula is C12H17N3O4. The number of nitrogens with zero attached hydrogens (tertiary/aromatic N) is 2. The normalized spacial score (nSPS) is 10.1. The summed E-state index contributed by atoms with van der Waals surface area (Å²) >= 11 is 0. The predicted octanol–water partition coefficient (Wildman–Crippen LogP) is 1.35. The third kappa shape index (κ3) is 3.65. The van der Waals surface area contributed by atoms with Gasteiger partial charge in [-0.25, -0.2) is 0 Å². The smallest absolute Gasteiger partial charge is 0.292 e. The summed E-state index contributed by atoms with van der Waals surface area (Å²) in [7, 11) is 4.79. The molecule has 0 fully saturated rings. The highest BCUT2D eigenvalue weighted by molar-refractivity contribution is 5.95. The minimum Gasteiger partial charge on any atom is -0.383 e. The minimum atomic E-state index is -0.491. The molecule has 0 unspecified atom stereocenters. The van der Waals surface area contributed by atoms with E-state index in [2.05, 4.69) is 5.32 Å². The summed E-state index contributed by atoms with van der Waals surface area (Å²) < 4.78 is 4.90. The zero-order valence-electron chi connectivity index (χ0n) is 11.2. The lowest BCUT2D eigenvalue weighted by Crippen LogP contribution is -2.29. The van der Waals surface area contributed by atoms with Gasteiger partial charge in [0.2, 0.25) is 0 Å². The average Bonchev–Trinajstić information content (AvgIpc) is 2.42. The fraction of sp³-hybridized carbons (Fsp3) is 0.417.